The van der Waals surface area contributed by atoms with Crippen molar-refractivity contribution in [1.82, 2.24) is 0 Å². The van der Waals surface area contributed by atoms with Crippen molar-refractivity contribution in [3.05, 3.63) is 53.1 Å². The number of ketones is 1. The average molecular weight is 332 g/mol. The summed E-state index contributed by atoms with van der Waals surface area (Å²) < 4.78 is 0. The Labute approximate surface area is 137 Å². The van der Waals surface area contributed by atoms with Crippen molar-refractivity contribution >= 4 is 46.3 Å². The van der Waals surface area contributed by atoms with Gasteiger partial charge >= 0.3 is 11.8 Å². The highest BCUT2D eigenvalue weighted by Gasteiger charge is 2.15. The fourth-order valence-electron chi connectivity index (χ4n) is 1.79. The van der Waals surface area contributed by atoms with Gasteiger partial charge in [-0.25, -0.2) is 0 Å². The van der Waals surface area contributed by atoms with Crippen LogP contribution < -0.4 is 16.4 Å². The lowest BCUT2D eigenvalue weighted by Crippen LogP contribution is -2.29. The van der Waals surface area contributed by atoms with Gasteiger partial charge in [0.15, 0.2) is 5.78 Å². The summed E-state index contributed by atoms with van der Waals surface area (Å²) in [6, 6.07) is 10.7. The smallest absolute Gasteiger partial charge is 0.314 e. The monoisotopic (exact) mass is 331 g/mol. The Bertz CT molecular complexity index is 773. The second-order valence-electron chi connectivity index (χ2n) is 4.78. The van der Waals surface area contributed by atoms with E-state index < -0.39 is 11.8 Å². The molecule has 7 heteroatoms. The lowest BCUT2D eigenvalue weighted by molar-refractivity contribution is -0.132. The summed E-state index contributed by atoms with van der Waals surface area (Å²) in [6.07, 6.45) is 0. The van der Waals surface area contributed by atoms with Crippen molar-refractivity contribution in [1.29, 1.82) is 0 Å². The number of nitrogens with one attached hydrogen (secondary N) is 2. The first-order valence-corrected chi connectivity index (χ1v) is 7.03. The number of nitrogen functional groups attached to an aromatic ring is 1. The molecule has 2 amide bonds. The summed E-state index contributed by atoms with van der Waals surface area (Å²) in [5, 5.41) is 5.06. The molecule has 2 aromatic carbocycles. The number of carbonyl (C=O) groups excluding carboxylic acids is 3. The Morgan fingerprint density at radius 3 is 2.13 bits per heavy atom. The van der Waals surface area contributed by atoms with Crippen LogP contribution >= 0.6 is 11.6 Å². The third kappa shape index (κ3) is 4.31. The first kappa shape index (κ1) is 16.5. The van der Waals surface area contributed by atoms with E-state index in [1.165, 1.54) is 31.2 Å². The maximum absolute atomic E-state index is 11.9. The summed E-state index contributed by atoms with van der Waals surface area (Å²) in [5.74, 6) is -1.81. The molecular weight excluding hydrogens is 318 g/mol. The number of anilines is 3. The van der Waals surface area contributed by atoms with Crippen LogP contribution in [0, 0.1) is 0 Å². The van der Waals surface area contributed by atoms with E-state index in [0.717, 1.165) is 0 Å². The number of benzene rings is 2. The molecule has 4 N–H and O–H groups in total. The average Bonchev–Trinajstić information content (AvgIpc) is 2.50. The summed E-state index contributed by atoms with van der Waals surface area (Å²) in [6.45, 7) is 1.44. The number of rotatable bonds is 3. The van der Waals surface area contributed by atoms with Crippen LogP contribution in [-0.4, -0.2) is 17.6 Å². The molecule has 0 saturated heterocycles. The maximum Gasteiger partial charge on any atom is 0.314 e. The molecule has 0 aliphatic carbocycles. The van der Waals surface area contributed by atoms with Crippen molar-refractivity contribution in [2.75, 3.05) is 16.4 Å². The summed E-state index contributed by atoms with van der Waals surface area (Å²) in [5.41, 5.74) is 7.20. The Balaban J connectivity index is 2.02. The Kier molecular flexibility index (Phi) is 4.98. The molecule has 0 bridgehead atoms. The van der Waals surface area contributed by atoms with E-state index in [4.69, 9.17) is 17.3 Å². The number of halogens is 1. The van der Waals surface area contributed by atoms with Gasteiger partial charge in [0.05, 0.1) is 10.7 Å². The first-order valence-electron chi connectivity index (χ1n) is 6.65. The third-order valence-electron chi connectivity index (χ3n) is 3.00. The molecule has 0 unspecified atom stereocenters. The zero-order chi connectivity index (χ0) is 17.0. The highest BCUT2D eigenvalue weighted by molar-refractivity contribution is 6.44. The van der Waals surface area contributed by atoms with Crippen molar-refractivity contribution in [3.63, 3.8) is 0 Å². The lowest BCUT2D eigenvalue weighted by Gasteiger charge is -2.08. The number of carbonyl (C=O) groups is 3. The van der Waals surface area contributed by atoms with E-state index in [1.54, 1.807) is 18.2 Å². The largest absolute Gasteiger partial charge is 0.399 e. The molecule has 2 rings (SSSR count). The van der Waals surface area contributed by atoms with Crippen molar-refractivity contribution in [2.45, 2.75) is 6.92 Å². The van der Waals surface area contributed by atoms with Crippen LogP contribution in [0.5, 0.6) is 0 Å². The number of hydrogen-bond donors (Lipinski definition) is 3. The van der Waals surface area contributed by atoms with Crippen molar-refractivity contribution in [3.8, 4) is 0 Å². The Hall–Kier alpha value is -2.86. The highest BCUT2D eigenvalue weighted by Crippen LogP contribution is 2.24. The van der Waals surface area contributed by atoms with E-state index in [2.05, 4.69) is 10.6 Å². The number of hydrogen-bond acceptors (Lipinski definition) is 4. The second kappa shape index (κ2) is 6.93. The molecule has 0 atom stereocenters. The van der Waals surface area contributed by atoms with Crippen LogP contribution in [0.1, 0.15) is 17.3 Å². The topological polar surface area (TPSA) is 101 Å². The van der Waals surface area contributed by atoms with Crippen LogP contribution in [0.25, 0.3) is 0 Å². The predicted octanol–water partition coefficient (Wildman–Crippen LogP) is 2.70. The highest BCUT2D eigenvalue weighted by atomic mass is 35.5. The number of Topliss-reactive ketones (excluding diaryl/α,β-unsaturated/α-hetero) is 1. The van der Waals surface area contributed by atoms with Crippen molar-refractivity contribution < 1.29 is 14.4 Å². The minimum atomic E-state index is -0.868. The quantitative estimate of drug-likeness (QED) is 0.457. The van der Waals surface area contributed by atoms with E-state index in [1.807, 2.05) is 0 Å². The number of nitrogens with two attached hydrogens (primary N) is 1. The molecule has 23 heavy (non-hydrogen) atoms. The summed E-state index contributed by atoms with van der Waals surface area (Å²) in [7, 11) is 0. The van der Waals surface area contributed by atoms with Crippen LogP contribution in [0.2, 0.25) is 5.02 Å². The van der Waals surface area contributed by atoms with Gasteiger partial charge in [0, 0.05) is 16.9 Å². The lowest BCUT2D eigenvalue weighted by atomic mass is 10.1. The standard InChI is InChI=1S/C16H14ClN3O3/c1-9(21)10-2-5-12(6-3-10)19-15(22)16(23)20-14-7-4-11(18)8-13(14)17/h2-8H,18H2,1H3,(H,19,22)(H,20,23). The fraction of sp³-hybridized carbons (Fsp3) is 0.0625. The molecule has 6 nitrogen and oxygen atoms in total. The van der Waals surface area contributed by atoms with Gasteiger partial charge in [0.2, 0.25) is 0 Å². The van der Waals surface area contributed by atoms with Crippen LogP contribution in [0.15, 0.2) is 42.5 Å². The Morgan fingerprint density at radius 1 is 0.957 bits per heavy atom. The van der Waals surface area contributed by atoms with Crippen molar-refractivity contribution in [2.24, 2.45) is 0 Å². The normalized spacial score (nSPS) is 10.0. The molecule has 0 spiro atoms. The first-order chi connectivity index (χ1) is 10.9. The zero-order valence-corrected chi connectivity index (χ0v) is 13.0. The van der Waals surface area contributed by atoms with Gasteiger partial charge in [0.1, 0.15) is 0 Å². The van der Waals surface area contributed by atoms with Gasteiger partial charge in [-0.05, 0) is 49.4 Å². The molecule has 118 valence electrons. The van der Waals surface area contributed by atoms with Gasteiger partial charge in [-0.15, -0.1) is 0 Å². The number of amides is 2. The van der Waals surface area contributed by atoms with Gasteiger partial charge in [0.25, 0.3) is 0 Å². The molecule has 0 aromatic heterocycles. The van der Waals surface area contributed by atoms with Crippen LogP contribution in [-0.2, 0) is 9.59 Å². The zero-order valence-electron chi connectivity index (χ0n) is 12.2. The molecule has 0 aliphatic rings. The van der Waals surface area contributed by atoms with E-state index in [0.29, 0.717) is 16.9 Å². The maximum atomic E-state index is 11.9. The Morgan fingerprint density at radius 2 is 1.57 bits per heavy atom. The van der Waals surface area contributed by atoms with Crippen LogP contribution in [0.3, 0.4) is 0 Å². The molecule has 2 aromatic rings. The van der Waals surface area contributed by atoms with Gasteiger partial charge < -0.3 is 16.4 Å². The second-order valence-corrected chi connectivity index (χ2v) is 5.19. The molecular formula is C16H14ClN3O3. The molecule has 0 heterocycles. The predicted molar refractivity (Wildman–Crippen MR) is 89.6 cm³/mol. The third-order valence-corrected chi connectivity index (χ3v) is 3.31. The summed E-state index contributed by atoms with van der Waals surface area (Å²) >= 11 is 5.93. The van der Waals surface area contributed by atoms with Crippen LogP contribution in [0.4, 0.5) is 17.1 Å². The van der Waals surface area contributed by atoms with Gasteiger partial charge in [-0.1, -0.05) is 11.6 Å². The molecule has 0 radical (unpaired) electrons. The van der Waals surface area contributed by atoms with E-state index in [-0.39, 0.29) is 16.5 Å². The molecule has 0 saturated carbocycles. The van der Waals surface area contributed by atoms with Gasteiger partial charge in [-0.3, -0.25) is 14.4 Å². The minimum Gasteiger partial charge on any atom is -0.399 e. The summed E-state index contributed by atoms with van der Waals surface area (Å²) in [4.78, 5) is 34.9. The minimum absolute atomic E-state index is 0.0846. The van der Waals surface area contributed by atoms with E-state index >= 15 is 0 Å². The van der Waals surface area contributed by atoms with E-state index in [9.17, 15) is 14.4 Å². The molecule has 0 fully saturated rings. The SMILES string of the molecule is CC(=O)c1ccc(NC(=O)C(=O)Nc2ccc(N)cc2Cl)cc1. The fourth-order valence-corrected chi connectivity index (χ4v) is 2.02. The van der Waals surface area contributed by atoms with Gasteiger partial charge in [-0.2, -0.15) is 0 Å². The molecule has 0 aliphatic heterocycles.